The predicted molar refractivity (Wildman–Crippen MR) is 138 cm³/mol. The number of benzene rings is 3. The van der Waals surface area contributed by atoms with E-state index in [1.54, 1.807) is 31.4 Å². The van der Waals surface area contributed by atoms with Gasteiger partial charge in [-0.15, -0.1) is 0 Å². The van der Waals surface area contributed by atoms with Crippen LogP contribution in [0.2, 0.25) is 0 Å². The molecule has 1 heterocycles. The zero-order valence-electron chi connectivity index (χ0n) is 19.8. The number of rotatable bonds is 6. The van der Waals surface area contributed by atoms with Crippen LogP contribution in [0, 0.1) is 20.8 Å². The quantitative estimate of drug-likeness (QED) is 0.345. The van der Waals surface area contributed by atoms with E-state index < -0.39 is 9.84 Å². The molecule has 0 saturated carbocycles. The third kappa shape index (κ3) is 4.41. The summed E-state index contributed by atoms with van der Waals surface area (Å²) in [6, 6.07) is 16.8. The summed E-state index contributed by atoms with van der Waals surface area (Å²) in [5.74, 6) is 1.02. The molecule has 0 atom stereocenters. The van der Waals surface area contributed by atoms with Gasteiger partial charge in [-0.3, -0.25) is 4.79 Å². The first kappa shape index (κ1) is 23.5. The van der Waals surface area contributed by atoms with Crippen molar-refractivity contribution in [3.63, 3.8) is 0 Å². The molecule has 174 valence electrons. The molecule has 0 fully saturated rings. The summed E-state index contributed by atoms with van der Waals surface area (Å²) < 4.78 is 33.1. The Morgan fingerprint density at radius 1 is 0.971 bits per heavy atom. The average Bonchev–Trinajstić information content (AvgIpc) is 2.79. The molecule has 6 heteroatoms. The molecule has 0 N–H and O–H groups in total. The van der Waals surface area contributed by atoms with Gasteiger partial charge < -0.3 is 9.30 Å². The number of aromatic nitrogens is 1. The fourth-order valence-corrected chi connectivity index (χ4v) is 5.21. The van der Waals surface area contributed by atoms with E-state index in [9.17, 15) is 13.2 Å². The van der Waals surface area contributed by atoms with Crippen molar-refractivity contribution in [2.45, 2.75) is 26.5 Å². The highest BCUT2D eigenvalue weighted by Crippen LogP contribution is 2.41. The molecule has 0 amide bonds. The second-order valence-electron chi connectivity index (χ2n) is 8.60. The van der Waals surface area contributed by atoms with Gasteiger partial charge in [0.15, 0.2) is 9.84 Å². The maximum atomic E-state index is 12.8. The Morgan fingerprint density at radius 3 is 2.26 bits per heavy atom. The molecular formula is C28H27NO4S. The number of aryl methyl sites for hydroxylation is 4. The number of hydrogen-bond acceptors (Lipinski definition) is 4. The van der Waals surface area contributed by atoms with Crippen molar-refractivity contribution in [3.05, 3.63) is 105 Å². The molecule has 0 aliphatic carbocycles. The predicted octanol–water partition coefficient (Wildman–Crippen LogP) is 5.98. The van der Waals surface area contributed by atoms with Gasteiger partial charge in [-0.1, -0.05) is 54.6 Å². The van der Waals surface area contributed by atoms with Crippen LogP contribution in [-0.2, 0) is 22.6 Å². The Balaban J connectivity index is 2.05. The molecule has 4 rings (SSSR count). The van der Waals surface area contributed by atoms with Crippen molar-refractivity contribution in [2.24, 2.45) is 7.05 Å². The highest BCUT2D eigenvalue weighted by Gasteiger charge is 2.21. The van der Waals surface area contributed by atoms with Crippen LogP contribution in [0.1, 0.15) is 22.3 Å². The number of nitrogens with zero attached hydrogens (tertiary/aromatic N) is 1. The number of sulfone groups is 1. The van der Waals surface area contributed by atoms with Crippen molar-refractivity contribution in [2.75, 3.05) is 0 Å². The van der Waals surface area contributed by atoms with Gasteiger partial charge in [-0.2, -0.15) is 0 Å². The van der Waals surface area contributed by atoms with Crippen molar-refractivity contribution in [3.8, 4) is 22.6 Å². The molecular weight excluding hydrogens is 446 g/mol. The fourth-order valence-electron chi connectivity index (χ4n) is 4.42. The Kier molecular flexibility index (Phi) is 6.19. The number of pyridine rings is 1. The summed E-state index contributed by atoms with van der Waals surface area (Å²) >= 11 is 0. The molecule has 1 aromatic heterocycles. The van der Waals surface area contributed by atoms with Gasteiger partial charge in [0.1, 0.15) is 11.5 Å². The van der Waals surface area contributed by atoms with Gasteiger partial charge in [0.2, 0.25) is 0 Å². The minimum atomic E-state index is -3.55. The van der Waals surface area contributed by atoms with E-state index in [0.29, 0.717) is 22.3 Å². The molecule has 4 aromatic rings. The highest BCUT2D eigenvalue weighted by molar-refractivity contribution is 7.93. The maximum Gasteiger partial charge on any atom is 0.258 e. The van der Waals surface area contributed by atoms with Gasteiger partial charge in [-0.25, -0.2) is 8.42 Å². The molecule has 0 spiro atoms. The number of ether oxygens (including phenoxy) is 1. The van der Waals surface area contributed by atoms with E-state index in [1.165, 1.54) is 4.57 Å². The van der Waals surface area contributed by atoms with Crippen LogP contribution >= 0.6 is 0 Å². The summed E-state index contributed by atoms with van der Waals surface area (Å²) in [4.78, 5) is 12.8. The van der Waals surface area contributed by atoms with Gasteiger partial charge in [0.25, 0.3) is 5.56 Å². The van der Waals surface area contributed by atoms with Crippen LogP contribution in [-0.4, -0.2) is 13.0 Å². The van der Waals surface area contributed by atoms with Crippen LogP contribution in [0.15, 0.2) is 77.6 Å². The van der Waals surface area contributed by atoms with Gasteiger partial charge in [-0.05, 0) is 55.0 Å². The molecule has 0 radical (unpaired) electrons. The molecule has 0 saturated heterocycles. The maximum absolute atomic E-state index is 12.8. The van der Waals surface area contributed by atoms with Crippen molar-refractivity contribution in [1.82, 2.24) is 4.57 Å². The topological polar surface area (TPSA) is 65.4 Å². The normalized spacial score (nSPS) is 11.5. The molecule has 0 bridgehead atoms. The first-order valence-corrected chi connectivity index (χ1v) is 12.6. The fraction of sp³-hybridized carbons (Fsp3) is 0.179. The van der Waals surface area contributed by atoms with Gasteiger partial charge >= 0.3 is 0 Å². The highest BCUT2D eigenvalue weighted by atomic mass is 32.2. The monoisotopic (exact) mass is 473 g/mol. The van der Waals surface area contributed by atoms with Crippen LogP contribution < -0.4 is 10.3 Å². The van der Waals surface area contributed by atoms with Crippen molar-refractivity contribution >= 4 is 20.6 Å². The number of fused-ring (bicyclic) bond motifs is 1. The third-order valence-corrected chi connectivity index (χ3v) is 7.12. The molecule has 3 aromatic carbocycles. The number of hydrogen-bond donors (Lipinski definition) is 0. The minimum Gasteiger partial charge on any atom is -0.456 e. The van der Waals surface area contributed by atoms with E-state index in [-0.39, 0.29) is 11.3 Å². The van der Waals surface area contributed by atoms with Crippen LogP contribution in [0.4, 0.5) is 0 Å². The van der Waals surface area contributed by atoms with E-state index >= 15 is 0 Å². The Hall–Kier alpha value is -3.64. The van der Waals surface area contributed by atoms with Gasteiger partial charge in [0.05, 0.1) is 5.75 Å². The van der Waals surface area contributed by atoms with Gasteiger partial charge in [0, 0.05) is 35.2 Å². The Morgan fingerprint density at radius 2 is 1.62 bits per heavy atom. The second kappa shape index (κ2) is 8.95. The van der Waals surface area contributed by atoms with Crippen LogP contribution in [0.25, 0.3) is 21.9 Å². The van der Waals surface area contributed by atoms with Crippen molar-refractivity contribution < 1.29 is 13.2 Å². The largest absolute Gasteiger partial charge is 0.456 e. The van der Waals surface area contributed by atoms with E-state index in [2.05, 4.69) is 18.7 Å². The average molecular weight is 474 g/mol. The van der Waals surface area contributed by atoms with Crippen LogP contribution in [0.5, 0.6) is 11.5 Å². The SMILES string of the molecule is C=CS(=O)(=O)Cc1cccc(Oc2c(C)cc(C)cc2C)c1-c1cn(C)c(=O)c2ccccc12. The first-order chi connectivity index (χ1) is 16.1. The lowest BCUT2D eigenvalue weighted by Crippen LogP contribution is -2.17. The summed E-state index contributed by atoms with van der Waals surface area (Å²) in [6.07, 6.45) is 1.74. The summed E-state index contributed by atoms with van der Waals surface area (Å²) in [6.45, 7) is 9.48. The van der Waals surface area contributed by atoms with Crippen LogP contribution in [0.3, 0.4) is 0 Å². The molecule has 34 heavy (non-hydrogen) atoms. The lowest BCUT2D eigenvalue weighted by molar-refractivity contribution is 0.476. The zero-order chi connectivity index (χ0) is 24.6. The minimum absolute atomic E-state index is 0.122. The van der Waals surface area contributed by atoms with E-state index in [4.69, 9.17) is 4.74 Å². The third-order valence-electron chi connectivity index (χ3n) is 5.90. The summed E-state index contributed by atoms with van der Waals surface area (Å²) in [5.41, 5.74) is 4.92. The first-order valence-electron chi connectivity index (χ1n) is 10.9. The molecule has 5 nitrogen and oxygen atoms in total. The lowest BCUT2D eigenvalue weighted by atomic mass is 9.96. The smallest absolute Gasteiger partial charge is 0.258 e. The Bertz CT molecular complexity index is 1570. The lowest BCUT2D eigenvalue weighted by Gasteiger charge is -2.20. The molecule has 0 aliphatic heterocycles. The van der Waals surface area contributed by atoms with Crippen molar-refractivity contribution in [1.29, 1.82) is 0 Å². The second-order valence-corrected chi connectivity index (χ2v) is 10.5. The summed E-state index contributed by atoms with van der Waals surface area (Å²) in [7, 11) is -1.86. The summed E-state index contributed by atoms with van der Waals surface area (Å²) in [5, 5.41) is 2.26. The van der Waals surface area contributed by atoms with E-state index in [0.717, 1.165) is 38.8 Å². The molecule has 0 unspecified atom stereocenters. The Labute approximate surface area is 199 Å². The zero-order valence-corrected chi connectivity index (χ0v) is 20.6. The van der Waals surface area contributed by atoms with E-state index in [1.807, 2.05) is 45.0 Å². The molecule has 0 aliphatic rings. The standard InChI is InChI=1S/C28H27NO4S/c1-6-34(31,32)17-21-10-9-13-25(33-27-19(3)14-18(2)15-20(27)4)26(21)24-16-29(5)28(30)23-12-8-7-11-22(23)24/h6-16H,1,17H2,2-5H3.